The first-order valence-electron chi connectivity index (χ1n) is 14.6. The molecule has 1 N–H and O–H groups in total. The molecule has 40 heavy (non-hydrogen) atoms. The minimum Gasteiger partial charge on any atom is -0.493 e. The van der Waals surface area contributed by atoms with Gasteiger partial charge in [-0.05, 0) is 65.8 Å². The van der Waals surface area contributed by atoms with Crippen LogP contribution in [-0.2, 0) is 24.2 Å². The zero-order valence-corrected chi connectivity index (χ0v) is 24.6. The van der Waals surface area contributed by atoms with Gasteiger partial charge in [0.05, 0.1) is 20.8 Å². The van der Waals surface area contributed by atoms with Crippen molar-refractivity contribution >= 4 is 11.6 Å². The number of anilines is 1. The number of nitrogens with one attached hydrogen (secondary N) is 1. The zero-order chi connectivity index (χ0) is 28.3. The van der Waals surface area contributed by atoms with Gasteiger partial charge in [0.1, 0.15) is 0 Å². The smallest absolute Gasteiger partial charge is 0.234 e. The Morgan fingerprint density at radius 1 is 0.950 bits per heavy atom. The Morgan fingerprint density at radius 3 is 2.50 bits per heavy atom. The second-order valence-corrected chi connectivity index (χ2v) is 10.8. The molecule has 0 saturated heterocycles. The fourth-order valence-corrected chi connectivity index (χ4v) is 5.59. The lowest BCUT2D eigenvalue weighted by molar-refractivity contribution is -0.123. The van der Waals surface area contributed by atoms with Crippen LogP contribution < -0.4 is 19.7 Å². The molecule has 1 heterocycles. The van der Waals surface area contributed by atoms with Crippen LogP contribution in [0, 0.1) is 0 Å². The summed E-state index contributed by atoms with van der Waals surface area (Å²) >= 11 is 0. The van der Waals surface area contributed by atoms with E-state index >= 15 is 0 Å². The first-order valence-corrected chi connectivity index (χ1v) is 14.6. The molecule has 0 saturated carbocycles. The molecule has 0 radical (unpaired) electrons. The predicted molar refractivity (Wildman–Crippen MR) is 163 cm³/mol. The van der Waals surface area contributed by atoms with E-state index < -0.39 is 0 Å². The molecule has 3 aromatic rings. The fourth-order valence-electron chi connectivity index (χ4n) is 5.59. The third-order valence-corrected chi connectivity index (χ3v) is 7.94. The number of carbonyl (C=O) groups excluding carboxylic acids is 1. The third-order valence-electron chi connectivity index (χ3n) is 7.94. The number of fused-ring (bicyclic) bond motifs is 1. The van der Waals surface area contributed by atoms with Gasteiger partial charge in [0.25, 0.3) is 0 Å². The molecule has 1 aliphatic rings. The van der Waals surface area contributed by atoms with E-state index in [1.165, 1.54) is 42.5 Å². The van der Waals surface area contributed by atoms with E-state index in [1.807, 2.05) is 36.4 Å². The molecule has 1 amide bonds. The van der Waals surface area contributed by atoms with Crippen molar-refractivity contribution in [3.63, 3.8) is 0 Å². The normalized spacial score (nSPS) is 14.8. The molecule has 6 heteroatoms. The molecule has 3 aromatic carbocycles. The summed E-state index contributed by atoms with van der Waals surface area (Å²) in [6.07, 6.45) is 6.76. The van der Waals surface area contributed by atoms with Crippen LogP contribution in [0.2, 0.25) is 0 Å². The molecule has 6 nitrogen and oxygen atoms in total. The Labute approximate surface area is 240 Å². The molecular weight excluding hydrogens is 498 g/mol. The lowest BCUT2D eigenvalue weighted by Gasteiger charge is -2.38. The largest absolute Gasteiger partial charge is 0.493 e. The topological polar surface area (TPSA) is 54.0 Å². The first kappa shape index (κ1) is 29.5. The Morgan fingerprint density at radius 2 is 1.75 bits per heavy atom. The van der Waals surface area contributed by atoms with E-state index in [-0.39, 0.29) is 11.9 Å². The maximum atomic E-state index is 13.1. The molecule has 0 bridgehead atoms. The monoisotopic (exact) mass is 543 g/mol. The van der Waals surface area contributed by atoms with Gasteiger partial charge in [0.15, 0.2) is 11.5 Å². The average molecular weight is 544 g/mol. The quantitative estimate of drug-likeness (QED) is 0.246. The van der Waals surface area contributed by atoms with E-state index in [4.69, 9.17) is 9.47 Å². The van der Waals surface area contributed by atoms with Gasteiger partial charge in [-0.3, -0.25) is 9.69 Å². The van der Waals surface area contributed by atoms with Crippen molar-refractivity contribution in [2.75, 3.05) is 45.8 Å². The summed E-state index contributed by atoms with van der Waals surface area (Å²) in [5.74, 6) is 1.50. The number of nitrogens with zero attached hydrogens (tertiary/aromatic N) is 2. The molecule has 0 fully saturated rings. The van der Waals surface area contributed by atoms with E-state index in [0.717, 1.165) is 48.6 Å². The van der Waals surface area contributed by atoms with Gasteiger partial charge < -0.3 is 19.7 Å². The van der Waals surface area contributed by atoms with E-state index in [2.05, 4.69) is 59.4 Å². The highest BCUT2D eigenvalue weighted by Crippen LogP contribution is 2.36. The van der Waals surface area contributed by atoms with Crippen molar-refractivity contribution in [3.8, 4) is 11.5 Å². The van der Waals surface area contributed by atoms with Crippen LogP contribution in [0.15, 0.2) is 66.7 Å². The minimum absolute atomic E-state index is 0.0491. The summed E-state index contributed by atoms with van der Waals surface area (Å²) in [6.45, 7) is 5.07. The summed E-state index contributed by atoms with van der Waals surface area (Å²) in [7, 11) is 5.52. The van der Waals surface area contributed by atoms with Gasteiger partial charge in [-0.15, -0.1) is 0 Å². The summed E-state index contributed by atoms with van der Waals surface area (Å²) < 4.78 is 11.0. The molecule has 1 unspecified atom stereocenters. The average Bonchev–Trinajstić information content (AvgIpc) is 2.99. The number of amides is 1. The van der Waals surface area contributed by atoms with Crippen LogP contribution in [0.1, 0.15) is 60.9 Å². The Kier molecular flexibility index (Phi) is 10.9. The lowest BCUT2D eigenvalue weighted by Crippen LogP contribution is -2.43. The van der Waals surface area contributed by atoms with E-state index in [9.17, 15) is 4.79 Å². The zero-order valence-electron chi connectivity index (χ0n) is 24.6. The molecule has 214 valence electrons. The van der Waals surface area contributed by atoms with Crippen LogP contribution in [-0.4, -0.2) is 51.7 Å². The summed E-state index contributed by atoms with van der Waals surface area (Å²) in [6, 6.07) is 23.2. The number of ether oxygens (including phenoxy) is 2. The molecule has 1 atom stereocenters. The van der Waals surface area contributed by atoms with Crippen LogP contribution in [0.4, 0.5) is 5.69 Å². The molecule has 1 aliphatic heterocycles. The number of hydrogen-bond donors (Lipinski definition) is 1. The number of unbranched alkanes of at least 4 members (excludes halogenated alkanes) is 3. The van der Waals surface area contributed by atoms with Crippen molar-refractivity contribution in [2.45, 2.75) is 58.0 Å². The van der Waals surface area contributed by atoms with Crippen LogP contribution in [0.25, 0.3) is 0 Å². The Bertz CT molecular complexity index is 1230. The Hall–Kier alpha value is -3.51. The lowest BCUT2D eigenvalue weighted by atomic mass is 9.88. The summed E-state index contributed by atoms with van der Waals surface area (Å²) in [5.41, 5.74) is 6.22. The maximum absolute atomic E-state index is 13.1. The highest BCUT2D eigenvalue weighted by Gasteiger charge is 2.29. The van der Waals surface area contributed by atoms with Crippen LogP contribution in [0.5, 0.6) is 11.5 Å². The minimum atomic E-state index is 0.0491. The number of carbonyl (C=O) groups is 1. The van der Waals surface area contributed by atoms with Gasteiger partial charge in [-0.25, -0.2) is 0 Å². The van der Waals surface area contributed by atoms with E-state index in [0.29, 0.717) is 13.1 Å². The Balaban J connectivity index is 1.53. The number of hydrogen-bond acceptors (Lipinski definition) is 5. The molecule has 0 aromatic heterocycles. The van der Waals surface area contributed by atoms with Gasteiger partial charge >= 0.3 is 0 Å². The van der Waals surface area contributed by atoms with Crippen molar-refractivity contribution in [2.24, 2.45) is 0 Å². The number of rotatable bonds is 14. The highest BCUT2D eigenvalue weighted by atomic mass is 16.5. The SMILES string of the molecule is CCCCCCN(C)c1ccc2c(c1)CCN(CC(=O)NCc1ccccc1)C2Cc1ccc(OC)c(OC)c1. The number of methoxy groups -OCH3 is 2. The summed E-state index contributed by atoms with van der Waals surface area (Å²) in [4.78, 5) is 17.8. The van der Waals surface area contributed by atoms with Crippen molar-refractivity contribution < 1.29 is 14.3 Å². The van der Waals surface area contributed by atoms with Gasteiger partial charge in [0, 0.05) is 38.4 Å². The second-order valence-electron chi connectivity index (χ2n) is 10.8. The van der Waals surface area contributed by atoms with Crippen LogP contribution in [0.3, 0.4) is 0 Å². The van der Waals surface area contributed by atoms with E-state index in [1.54, 1.807) is 14.2 Å². The van der Waals surface area contributed by atoms with Crippen molar-refractivity contribution in [1.29, 1.82) is 0 Å². The summed E-state index contributed by atoms with van der Waals surface area (Å²) in [5, 5.41) is 3.12. The van der Waals surface area contributed by atoms with Gasteiger partial charge in [-0.2, -0.15) is 0 Å². The molecule has 0 aliphatic carbocycles. The third kappa shape index (κ3) is 7.79. The standard InChI is InChI=1S/C34H45N3O3/c1-5-6-7-11-19-36(2)29-15-16-30-28(23-29)18-20-37(25-34(38)35-24-26-12-9-8-10-13-26)31(30)21-27-14-17-32(39-3)33(22-27)40-4/h8-10,12-17,22-23,31H,5-7,11,18-21,24-25H2,1-4H3,(H,35,38). The van der Waals surface area contributed by atoms with Crippen LogP contribution >= 0.6 is 0 Å². The van der Waals surface area contributed by atoms with Gasteiger partial charge in [-0.1, -0.05) is 68.7 Å². The maximum Gasteiger partial charge on any atom is 0.234 e. The number of benzene rings is 3. The van der Waals surface area contributed by atoms with Gasteiger partial charge in [0.2, 0.25) is 5.91 Å². The molecule has 0 spiro atoms. The predicted octanol–water partition coefficient (Wildman–Crippen LogP) is 6.18. The van der Waals surface area contributed by atoms with Crippen molar-refractivity contribution in [1.82, 2.24) is 10.2 Å². The highest BCUT2D eigenvalue weighted by molar-refractivity contribution is 5.78. The van der Waals surface area contributed by atoms with Crippen molar-refractivity contribution in [3.05, 3.63) is 89.0 Å². The second kappa shape index (κ2) is 14.8. The molecular formula is C34H45N3O3. The first-order chi connectivity index (χ1) is 19.5. The molecule has 4 rings (SSSR count). The fraction of sp³-hybridized carbons (Fsp3) is 0.441.